The van der Waals surface area contributed by atoms with Gasteiger partial charge in [0.2, 0.25) is 5.91 Å². The Kier molecular flexibility index (Phi) is 6.89. The largest absolute Gasteiger partial charge is 0.402 e. The second-order valence-electron chi connectivity index (χ2n) is 8.82. The molecule has 1 heterocycles. The molecule has 0 fully saturated rings. The van der Waals surface area contributed by atoms with Gasteiger partial charge < -0.3 is 16.2 Å². The number of aliphatic hydroxyl groups is 1. The molecule has 0 radical (unpaired) electrons. The number of anilines is 1. The predicted octanol–water partition coefficient (Wildman–Crippen LogP) is 4.63. The summed E-state index contributed by atoms with van der Waals surface area (Å²) in [5.41, 5.74) is 13.3. The van der Waals surface area contributed by atoms with Gasteiger partial charge in [-0.05, 0) is 62.0 Å². The van der Waals surface area contributed by atoms with Crippen molar-refractivity contribution >= 4 is 17.3 Å². The molecule has 1 unspecified atom stereocenters. The number of amides is 1. The highest BCUT2D eigenvalue weighted by Gasteiger charge is 2.25. The first-order valence-electron chi connectivity index (χ1n) is 11.4. The number of aryl methyl sites for hydroxylation is 2. The van der Waals surface area contributed by atoms with Crippen LogP contribution < -0.4 is 11.1 Å². The normalized spacial score (nSPS) is 14.5. The standard InChI is InChI=1S/C28H30N4O2/c1-17-9-11-20(12-10-17)16-24(33)31-28-26(27(34)21-7-5-4-6-8-21)32-25-19(3)22(15-18(2)29)13-14-23(25)30-28/h4-12,15,27,34H,13-14,16,29H2,1-3H3,(H,30,31,33)/b18-15+. The first-order chi connectivity index (χ1) is 16.3. The Labute approximate surface area is 200 Å². The summed E-state index contributed by atoms with van der Waals surface area (Å²) in [5.74, 6) is 0.0964. The summed E-state index contributed by atoms with van der Waals surface area (Å²) in [6.45, 7) is 5.87. The Morgan fingerprint density at radius 1 is 1.09 bits per heavy atom. The van der Waals surface area contributed by atoms with Crippen LogP contribution in [0.5, 0.6) is 0 Å². The quantitative estimate of drug-likeness (QED) is 0.504. The average molecular weight is 455 g/mol. The van der Waals surface area contributed by atoms with E-state index in [4.69, 9.17) is 15.7 Å². The zero-order valence-corrected chi connectivity index (χ0v) is 19.8. The fourth-order valence-corrected chi connectivity index (χ4v) is 4.15. The Morgan fingerprint density at radius 3 is 2.47 bits per heavy atom. The maximum absolute atomic E-state index is 12.9. The minimum Gasteiger partial charge on any atom is -0.402 e. The number of nitrogens with zero attached hydrogens (tertiary/aromatic N) is 2. The topological polar surface area (TPSA) is 101 Å². The Hall–Kier alpha value is -3.77. The lowest BCUT2D eigenvalue weighted by atomic mass is 9.91. The van der Waals surface area contributed by atoms with E-state index in [-0.39, 0.29) is 12.3 Å². The zero-order chi connectivity index (χ0) is 24.2. The molecule has 4 rings (SSSR count). The third-order valence-corrected chi connectivity index (χ3v) is 5.98. The highest BCUT2D eigenvalue weighted by Crippen LogP contribution is 2.34. The van der Waals surface area contributed by atoms with E-state index >= 15 is 0 Å². The summed E-state index contributed by atoms with van der Waals surface area (Å²) < 4.78 is 0. The van der Waals surface area contributed by atoms with E-state index in [0.717, 1.165) is 45.8 Å². The van der Waals surface area contributed by atoms with Gasteiger partial charge in [-0.15, -0.1) is 0 Å². The lowest BCUT2D eigenvalue weighted by Crippen LogP contribution is -2.21. The van der Waals surface area contributed by atoms with E-state index in [1.54, 1.807) is 0 Å². The summed E-state index contributed by atoms with van der Waals surface area (Å²) in [6.07, 6.45) is 2.62. The molecule has 1 aliphatic carbocycles. The fourth-order valence-electron chi connectivity index (χ4n) is 4.15. The van der Waals surface area contributed by atoms with Gasteiger partial charge in [0, 0.05) is 5.70 Å². The van der Waals surface area contributed by atoms with Gasteiger partial charge in [-0.2, -0.15) is 0 Å². The van der Waals surface area contributed by atoms with Gasteiger partial charge in [0.15, 0.2) is 5.82 Å². The van der Waals surface area contributed by atoms with Crippen molar-refractivity contribution in [1.82, 2.24) is 9.97 Å². The minimum absolute atomic E-state index is 0.204. The van der Waals surface area contributed by atoms with Gasteiger partial charge in [0.1, 0.15) is 11.8 Å². The molecule has 3 aromatic rings. The maximum Gasteiger partial charge on any atom is 0.229 e. The van der Waals surface area contributed by atoms with Crippen LogP contribution in [0, 0.1) is 6.92 Å². The summed E-state index contributed by atoms with van der Waals surface area (Å²) in [6, 6.07) is 17.1. The molecule has 1 atom stereocenters. The molecule has 0 bridgehead atoms. The molecule has 6 heteroatoms. The highest BCUT2D eigenvalue weighted by molar-refractivity contribution is 5.92. The van der Waals surface area contributed by atoms with Crippen LogP contribution in [0.15, 0.2) is 71.9 Å². The third-order valence-electron chi connectivity index (χ3n) is 5.98. The zero-order valence-electron chi connectivity index (χ0n) is 19.8. The number of benzene rings is 2. The van der Waals surface area contributed by atoms with Crippen LogP contribution in [0.4, 0.5) is 5.82 Å². The van der Waals surface area contributed by atoms with Crippen LogP contribution in [-0.4, -0.2) is 21.0 Å². The molecular formula is C28H30N4O2. The van der Waals surface area contributed by atoms with E-state index in [9.17, 15) is 9.90 Å². The number of aliphatic hydroxyl groups excluding tert-OH is 1. The van der Waals surface area contributed by atoms with Crippen molar-refractivity contribution in [3.8, 4) is 0 Å². The lowest BCUT2D eigenvalue weighted by molar-refractivity contribution is -0.115. The first-order valence-corrected chi connectivity index (χ1v) is 11.4. The number of hydrogen-bond acceptors (Lipinski definition) is 5. The number of nitrogens with two attached hydrogens (primary N) is 1. The molecule has 0 saturated heterocycles. The van der Waals surface area contributed by atoms with Crippen molar-refractivity contribution in [2.75, 3.05) is 5.32 Å². The van der Waals surface area contributed by atoms with E-state index < -0.39 is 6.10 Å². The molecule has 1 amide bonds. The van der Waals surface area contributed by atoms with Crippen LogP contribution in [0.2, 0.25) is 0 Å². The number of hydrogen-bond donors (Lipinski definition) is 3. The number of fused-ring (bicyclic) bond motifs is 1. The predicted molar refractivity (Wildman–Crippen MR) is 135 cm³/mol. The van der Waals surface area contributed by atoms with Gasteiger partial charge in [-0.1, -0.05) is 60.2 Å². The average Bonchev–Trinajstić information content (AvgIpc) is 2.82. The van der Waals surface area contributed by atoms with E-state index in [1.165, 1.54) is 0 Å². The lowest BCUT2D eigenvalue weighted by Gasteiger charge is -2.23. The van der Waals surface area contributed by atoms with Crippen LogP contribution >= 0.6 is 0 Å². The second-order valence-corrected chi connectivity index (χ2v) is 8.82. The molecule has 1 aliphatic rings. The minimum atomic E-state index is -1.03. The molecule has 6 nitrogen and oxygen atoms in total. The van der Waals surface area contributed by atoms with E-state index in [0.29, 0.717) is 23.5 Å². The Bertz CT molecular complexity index is 1260. The number of rotatable bonds is 6. The van der Waals surface area contributed by atoms with Crippen LogP contribution in [0.1, 0.15) is 60.1 Å². The molecule has 174 valence electrons. The molecule has 0 spiro atoms. The van der Waals surface area contributed by atoms with Gasteiger partial charge in [-0.3, -0.25) is 4.79 Å². The van der Waals surface area contributed by atoms with Crippen molar-refractivity contribution in [3.05, 3.63) is 106 Å². The molecule has 0 aliphatic heterocycles. The molecule has 1 aromatic heterocycles. The van der Waals surface area contributed by atoms with E-state index in [2.05, 4.69) is 5.32 Å². The van der Waals surface area contributed by atoms with Crippen molar-refractivity contribution in [1.29, 1.82) is 0 Å². The van der Waals surface area contributed by atoms with Crippen LogP contribution in [0.3, 0.4) is 0 Å². The third kappa shape index (κ3) is 5.24. The second kappa shape index (κ2) is 10.0. The van der Waals surface area contributed by atoms with Crippen molar-refractivity contribution < 1.29 is 9.90 Å². The fraction of sp³-hybridized carbons (Fsp3) is 0.250. The van der Waals surface area contributed by atoms with Crippen molar-refractivity contribution in [2.24, 2.45) is 5.73 Å². The molecule has 0 saturated carbocycles. The smallest absolute Gasteiger partial charge is 0.229 e. The van der Waals surface area contributed by atoms with Gasteiger partial charge in [0.25, 0.3) is 0 Å². The highest BCUT2D eigenvalue weighted by atomic mass is 16.3. The molecule has 4 N–H and O–H groups in total. The van der Waals surface area contributed by atoms with Crippen molar-refractivity contribution in [2.45, 2.75) is 46.1 Å². The Morgan fingerprint density at radius 2 is 1.79 bits per heavy atom. The first kappa shape index (κ1) is 23.4. The number of carbonyl (C=O) groups is 1. The van der Waals surface area contributed by atoms with Crippen molar-refractivity contribution in [3.63, 3.8) is 0 Å². The monoisotopic (exact) mass is 454 g/mol. The molecule has 34 heavy (non-hydrogen) atoms. The number of aromatic nitrogens is 2. The summed E-state index contributed by atoms with van der Waals surface area (Å²) in [7, 11) is 0. The summed E-state index contributed by atoms with van der Waals surface area (Å²) in [4.78, 5) is 22.5. The number of allylic oxidation sites excluding steroid dienone is 4. The number of carbonyl (C=O) groups excluding carboxylic acids is 1. The molecular weight excluding hydrogens is 424 g/mol. The maximum atomic E-state index is 12.9. The summed E-state index contributed by atoms with van der Waals surface area (Å²) >= 11 is 0. The SMILES string of the molecule is CC1=C(/C=C(\C)N)CCc2nc(NC(=O)Cc3ccc(C)cc3)c(C(O)c3ccccc3)nc21. The van der Waals surface area contributed by atoms with Gasteiger partial charge in [0.05, 0.1) is 17.8 Å². The summed E-state index contributed by atoms with van der Waals surface area (Å²) in [5, 5.41) is 14.1. The van der Waals surface area contributed by atoms with Gasteiger partial charge in [-0.25, -0.2) is 9.97 Å². The van der Waals surface area contributed by atoms with E-state index in [1.807, 2.05) is 81.4 Å². The molecule has 2 aromatic carbocycles. The van der Waals surface area contributed by atoms with Crippen LogP contribution in [-0.2, 0) is 17.6 Å². The van der Waals surface area contributed by atoms with Gasteiger partial charge >= 0.3 is 0 Å². The number of nitrogens with one attached hydrogen (secondary N) is 1. The van der Waals surface area contributed by atoms with Crippen LogP contribution in [0.25, 0.3) is 5.57 Å². The Balaban J connectivity index is 1.73.